The average molecular weight is 537 g/mol. The zero-order valence-electron chi connectivity index (χ0n) is 19.9. The number of para-hydroxylation sites is 2. The Bertz CT molecular complexity index is 2150. The molecular formula is C34H21BrN2. The maximum Gasteiger partial charge on any atom is 0.0562 e. The molecule has 37 heavy (non-hydrogen) atoms. The minimum atomic E-state index is 1.07. The predicted octanol–water partition coefficient (Wildman–Crippen LogP) is 9.80. The van der Waals surface area contributed by atoms with E-state index in [2.05, 4.69) is 152 Å². The van der Waals surface area contributed by atoms with E-state index >= 15 is 0 Å². The summed E-state index contributed by atoms with van der Waals surface area (Å²) in [6.45, 7) is 0. The zero-order valence-corrected chi connectivity index (χ0v) is 21.5. The van der Waals surface area contributed by atoms with Crippen molar-refractivity contribution in [3.8, 4) is 11.4 Å². The summed E-state index contributed by atoms with van der Waals surface area (Å²) in [5.74, 6) is 0. The van der Waals surface area contributed by atoms with E-state index in [1.807, 2.05) is 0 Å². The van der Waals surface area contributed by atoms with Crippen LogP contribution in [-0.4, -0.2) is 9.13 Å². The van der Waals surface area contributed by atoms with Gasteiger partial charge in [0.15, 0.2) is 0 Å². The van der Waals surface area contributed by atoms with Crippen LogP contribution in [0.2, 0.25) is 0 Å². The Balaban J connectivity index is 1.63. The summed E-state index contributed by atoms with van der Waals surface area (Å²) >= 11 is 3.69. The van der Waals surface area contributed by atoms with E-state index < -0.39 is 0 Å². The van der Waals surface area contributed by atoms with Crippen molar-refractivity contribution in [1.29, 1.82) is 0 Å². The summed E-state index contributed by atoms with van der Waals surface area (Å²) in [6.07, 6.45) is 0. The van der Waals surface area contributed by atoms with E-state index in [1.54, 1.807) is 0 Å². The van der Waals surface area contributed by atoms with Gasteiger partial charge in [-0.2, -0.15) is 0 Å². The van der Waals surface area contributed by atoms with Crippen molar-refractivity contribution in [3.05, 3.63) is 132 Å². The lowest BCUT2D eigenvalue weighted by Crippen LogP contribution is -1.95. The molecule has 0 saturated carbocycles. The predicted molar refractivity (Wildman–Crippen MR) is 160 cm³/mol. The molecule has 3 heteroatoms. The molecule has 0 saturated heterocycles. The van der Waals surface area contributed by atoms with Crippen LogP contribution in [0.3, 0.4) is 0 Å². The monoisotopic (exact) mass is 536 g/mol. The van der Waals surface area contributed by atoms with Gasteiger partial charge in [-0.3, -0.25) is 0 Å². The lowest BCUT2D eigenvalue weighted by atomic mass is 10.0. The van der Waals surface area contributed by atoms with Crippen molar-refractivity contribution >= 4 is 70.3 Å². The molecule has 8 aromatic rings. The molecule has 0 fully saturated rings. The van der Waals surface area contributed by atoms with Crippen LogP contribution >= 0.6 is 15.9 Å². The topological polar surface area (TPSA) is 9.86 Å². The minimum absolute atomic E-state index is 1.07. The third kappa shape index (κ3) is 2.98. The van der Waals surface area contributed by atoms with Crippen molar-refractivity contribution in [2.24, 2.45) is 0 Å². The number of rotatable bonds is 2. The Morgan fingerprint density at radius 2 is 1.11 bits per heavy atom. The van der Waals surface area contributed by atoms with Gasteiger partial charge < -0.3 is 9.13 Å². The van der Waals surface area contributed by atoms with Crippen LogP contribution < -0.4 is 0 Å². The van der Waals surface area contributed by atoms with Crippen LogP contribution in [0.25, 0.3) is 65.8 Å². The summed E-state index contributed by atoms with van der Waals surface area (Å²) in [5, 5.41) is 7.66. The summed E-state index contributed by atoms with van der Waals surface area (Å²) < 4.78 is 5.88. The Morgan fingerprint density at radius 3 is 1.97 bits per heavy atom. The molecule has 174 valence electrons. The van der Waals surface area contributed by atoms with Gasteiger partial charge in [0.2, 0.25) is 0 Å². The quantitative estimate of drug-likeness (QED) is 0.208. The van der Waals surface area contributed by atoms with Gasteiger partial charge >= 0.3 is 0 Å². The fraction of sp³-hybridized carbons (Fsp3) is 0. The molecule has 2 aromatic heterocycles. The summed E-state index contributed by atoms with van der Waals surface area (Å²) in [5.41, 5.74) is 7.17. The molecule has 0 aliphatic rings. The van der Waals surface area contributed by atoms with Gasteiger partial charge in [-0.25, -0.2) is 0 Å². The smallest absolute Gasteiger partial charge is 0.0562 e. The van der Waals surface area contributed by atoms with Crippen LogP contribution in [-0.2, 0) is 0 Å². The van der Waals surface area contributed by atoms with Crippen molar-refractivity contribution in [2.45, 2.75) is 0 Å². The molecule has 8 rings (SSSR count). The SMILES string of the molecule is Brc1cccc(-n2c3ccccc3c3cc4c5c6ccccc6ccc5n(-c5ccccc5)c4cc32)c1. The van der Waals surface area contributed by atoms with Gasteiger partial charge in [0.05, 0.1) is 22.1 Å². The number of fused-ring (bicyclic) bond motifs is 8. The molecule has 0 amide bonds. The van der Waals surface area contributed by atoms with E-state index in [0.717, 1.165) is 10.2 Å². The van der Waals surface area contributed by atoms with Crippen molar-refractivity contribution in [1.82, 2.24) is 9.13 Å². The first-order valence-corrected chi connectivity index (χ1v) is 13.3. The minimum Gasteiger partial charge on any atom is -0.309 e. The summed E-state index contributed by atoms with van der Waals surface area (Å²) in [4.78, 5) is 0. The second-order valence-corrected chi connectivity index (χ2v) is 10.5. The van der Waals surface area contributed by atoms with Gasteiger partial charge in [-0.05, 0) is 65.4 Å². The number of benzene rings is 6. The van der Waals surface area contributed by atoms with Crippen LogP contribution in [0.4, 0.5) is 0 Å². The Morgan fingerprint density at radius 1 is 0.405 bits per heavy atom. The molecule has 0 aliphatic heterocycles. The molecule has 6 aromatic carbocycles. The third-order valence-corrected chi connectivity index (χ3v) is 8.02. The lowest BCUT2D eigenvalue weighted by Gasteiger charge is -2.10. The average Bonchev–Trinajstić information content (AvgIpc) is 3.44. The van der Waals surface area contributed by atoms with Crippen LogP contribution in [0.15, 0.2) is 132 Å². The van der Waals surface area contributed by atoms with Gasteiger partial charge in [-0.1, -0.05) is 88.7 Å². The second-order valence-electron chi connectivity index (χ2n) is 9.57. The Labute approximate surface area is 222 Å². The molecule has 0 spiro atoms. The molecule has 2 nitrogen and oxygen atoms in total. The normalized spacial score (nSPS) is 11.9. The number of nitrogens with zero attached hydrogens (tertiary/aromatic N) is 2. The number of hydrogen-bond donors (Lipinski definition) is 0. The highest BCUT2D eigenvalue weighted by Crippen LogP contribution is 2.41. The molecular weight excluding hydrogens is 516 g/mol. The highest BCUT2D eigenvalue weighted by Gasteiger charge is 2.19. The Kier molecular flexibility index (Phi) is 4.40. The number of halogens is 1. The van der Waals surface area contributed by atoms with E-state index in [4.69, 9.17) is 0 Å². The standard InChI is InChI=1S/C34H21BrN2/c35-23-10-8-13-25(19-23)37-30-16-7-6-15-27(30)28-20-29-33(21-32(28)37)36(24-11-2-1-3-12-24)31-18-17-22-9-4-5-14-26(22)34(29)31/h1-21H. The molecule has 0 radical (unpaired) electrons. The molecule has 0 N–H and O–H groups in total. The molecule has 0 aliphatic carbocycles. The fourth-order valence-electron chi connectivity index (χ4n) is 6.00. The fourth-order valence-corrected chi connectivity index (χ4v) is 6.38. The highest BCUT2D eigenvalue weighted by molar-refractivity contribution is 9.10. The molecule has 0 bridgehead atoms. The van der Waals surface area contributed by atoms with Gasteiger partial charge in [0.1, 0.15) is 0 Å². The van der Waals surface area contributed by atoms with Crippen molar-refractivity contribution in [2.75, 3.05) is 0 Å². The lowest BCUT2D eigenvalue weighted by molar-refractivity contribution is 1.16. The Hall–Kier alpha value is -4.34. The molecule has 2 heterocycles. The van der Waals surface area contributed by atoms with Gasteiger partial charge in [0.25, 0.3) is 0 Å². The van der Waals surface area contributed by atoms with Crippen molar-refractivity contribution < 1.29 is 0 Å². The van der Waals surface area contributed by atoms with Gasteiger partial charge in [0, 0.05) is 37.4 Å². The van der Waals surface area contributed by atoms with Crippen LogP contribution in [0.1, 0.15) is 0 Å². The second kappa shape index (κ2) is 7.83. The van der Waals surface area contributed by atoms with E-state index in [-0.39, 0.29) is 0 Å². The van der Waals surface area contributed by atoms with E-state index in [1.165, 1.54) is 60.1 Å². The maximum absolute atomic E-state index is 3.69. The van der Waals surface area contributed by atoms with Gasteiger partial charge in [-0.15, -0.1) is 0 Å². The van der Waals surface area contributed by atoms with E-state index in [9.17, 15) is 0 Å². The first kappa shape index (κ1) is 20.8. The third-order valence-electron chi connectivity index (χ3n) is 7.53. The molecule has 0 unspecified atom stereocenters. The summed E-state index contributed by atoms with van der Waals surface area (Å²) in [7, 11) is 0. The maximum atomic E-state index is 3.69. The van der Waals surface area contributed by atoms with Crippen LogP contribution in [0.5, 0.6) is 0 Å². The molecule has 0 atom stereocenters. The summed E-state index contributed by atoms with van der Waals surface area (Å²) in [6, 6.07) is 46.0. The first-order chi connectivity index (χ1) is 18.3. The highest BCUT2D eigenvalue weighted by atomic mass is 79.9. The first-order valence-electron chi connectivity index (χ1n) is 12.5. The van der Waals surface area contributed by atoms with E-state index in [0.29, 0.717) is 0 Å². The number of aromatic nitrogens is 2. The largest absolute Gasteiger partial charge is 0.309 e. The van der Waals surface area contributed by atoms with Crippen molar-refractivity contribution in [3.63, 3.8) is 0 Å². The van der Waals surface area contributed by atoms with Crippen LogP contribution in [0, 0.1) is 0 Å². The number of hydrogen-bond acceptors (Lipinski definition) is 0. The zero-order chi connectivity index (χ0) is 24.5.